The van der Waals surface area contributed by atoms with E-state index in [0.717, 1.165) is 44.5 Å². The maximum Gasteiger partial charge on any atom is 0.335 e. The Morgan fingerprint density at radius 3 is 2.52 bits per heavy atom. The predicted molar refractivity (Wildman–Crippen MR) is 95.6 cm³/mol. The molecule has 1 saturated heterocycles. The molecule has 6 heteroatoms. The largest absolute Gasteiger partial charge is 0.478 e. The number of piperidine rings is 1. The molecule has 1 fully saturated rings. The van der Waals surface area contributed by atoms with E-state index in [2.05, 4.69) is 4.90 Å². The number of hydrogen-bond acceptors (Lipinski definition) is 4. The molecule has 0 aromatic heterocycles. The molecular weight excluding hydrogens is 320 g/mol. The fourth-order valence-corrected chi connectivity index (χ4v) is 3.37. The smallest absolute Gasteiger partial charge is 0.335 e. The molecule has 1 atom stereocenters. The van der Waals surface area contributed by atoms with Gasteiger partial charge in [0.1, 0.15) is 0 Å². The molecule has 1 unspecified atom stereocenters. The van der Waals surface area contributed by atoms with Crippen LogP contribution in [0.5, 0.6) is 0 Å². The number of ether oxygens (including phenoxy) is 1. The van der Waals surface area contributed by atoms with Crippen LogP contribution in [0.1, 0.15) is 41.6 Å². The highest BCUT2D eigenvalue weighted by Gasteiger charge is 2.35. The third-order valence-corrected chi connectivity index (χ3v) is 4.95. The van der Waals surface area contributed by atoms with Gasteiger partial charge in [0.05, 0.1) is 11.2 Å². The van der Waals surface area contributed by atoms with Gasteiger partial charge in [0.15, 0.2) is 0 Å². The average Bonchev–Trinajstić information content (AvgIpc) is 2.60. The van der Waals surface area contributed by atoms with E-state index in [9.17, 15) is 9.59 Å². The van der Waals surface area contributed by atoms with E-state index in [-0.39, 0.29) is 11.5 Å². The zero-order valence-corrected chi connectivity index (χ0v) is 15.3. The van der Waals surface area contributed by atoms with Gasteiger partial charge in [-0.3, -0.25) is 9.69 Å². The van der Waals surface area contributed by atoms with E-state index in [0.29, 0.717) is 12.0 Å². The summed E-state index contributed by atoms with van der Waals surface area (Å²) < 4.78 is 5.84. The van der Waals surface area contributed by atoms with Crippen molar-refractivity contribution >= 4 is 11.9 Å². The zero-order valence-electron chi connectivity index (χ0n) is 15.3. The standard InChI is InChI=1S/C19H28N2O4/c1-20(2)17(22)9-11-19(25-3)10-4-12-21(14-19)13-15-5-7-16(8-6-15)18(23)24/h5-8H,4,9-14H2,1-3H3,(H,23,24). The van der Waals surface area contributed by atoms with Crippen LogP contribution in [0.2, 0.25) is 0 Å². The molecule has 0 saturated carbocycles. The number of rotatable bonds is 7. The summed E-state index contributed by atoms with van der Waals surface area (Å²) in [5.74, 6) is -0.786. The molecule has 0 spiro atoms. The maximum absolute atomic E-state index is 11.9. The van der Waals surface area contributed by atoms with Crippen LogP contribution in [0.15, 0.2) is 24.3 Å². The van der Waals surface area contributed by atoms with E-state index in [1.807, 2.05) is 12.1 Å². The Hall–Kier alpha value is -1.92. The van der Waals surface area contributed by atoms with Crippen LogP contribution in [0.25, 0.3) is 0 Å². The highest BCUT2D eigenvalue weighted by atomic mass is 16.5. The van der Waals surface area contributed by atoms with Crippen molar-refractivity contribution < 1.29 is 19.4 Å². The number of carboxylic acid groups (broad SMARTS) is 1. The van der Waals surface area contributed by atoms with E-state index in [1.165, 1.54) is 0 Å². The number of carbonyl (C=O) groups excluding carboxylic acids is 1. The van der Waals surface area contributed by atoms with Gasteiger partial charge in [0.25, 0.3) is 0 Å². The van der Waals surface area contributed by atoms with Gasteiger partial charge in [0, 0.05) is 40.7 Å². The SMILES string of the molecule is COC1(CCC(=O)N(C)C)CCCN(Cc2ccc(C(=O)O)cc2)C1. The summed E-state index contributed by atoms with van der Waals surface area (Å²) in [6.07, 6.45) is 3.19. The summed E-state index contributed by atoms with van der Waals surface area (Å²) in [5, 5.41) is 8.98. The molecule has 1 aromatic carbocycles. The highest BCUT2D eigenvalue weighted by Crippen LogP contribution is 2.30. The predicted octanol–water partition coefficient (Wildman–Crippen LogP) is 2.23. The molecule has 0 aliphatic carbocycles. The third kappa shape index (κ3) is 5.28. The lowest BCUT2D eigenvalue weighted by Crippen LogP contribution is -2.49. The number of methoxy groups -OCH3 is 1. The van der Waals surface area contributed by atoms with Crippen molar-refractivity contribution in [2.24, 2.45) is 0 Å². The lowest BCUT2D eigenvalue weighted by atomic mass is 9.87. The minimum absolute atomic E-state index is 0.123. The monoisotopic (exact) mass is 348 g/mol. The second-order valence-corrected chi connectivity index (χ2v) is 6.99. The first-order valence-corrected chi connectivity index (χ1v) is 8.65. The molecule has 1 aliphatic heterocycles. The summed E-state index contributed by atoms with van der Waals surface area (Å²) >= 11 is 0. The van der Waals surface area contributed by atoms with Gasteiger partial charge in [-0.1, -0.05) is 12.1 Å². The fraction of sp³-hybridized carbons (Fsp3) is 0.579. The maximum atomic E-state index is 11.9. The van der Waals surface area contributed by atoms with Gasteiger partial charge in [-0.05, 0) is 43.5 Å². The van der Waals surface area contributed by atoms with Crippen molar-refractivity contribution in [3.05, 3.63) is 35.4 Å². The average molecular weight is 348 g/mol. The van der Waals surface area contributed by atoms with Crippen LogP contribution < -0.4 is 0 Å². The number of carbonyl (C=O) groups is 2. The second-order valence-electron chi connectivity index (χ2n) is 6.99. The Kier molecular flexibility index (Phi) is 6.56. The lowest BCUT2D eigenvalue weighted by Gasteiger charge is -2.42. The summed E-state index contributed by atoms with van der Waals surface area (Å²) in [6.45, 7) is 2.52. The van der Waals surface area contributed by atoms with Crippen molar-refractivity contribution in [3.63, 3.8) is 0 Å². The van der Waals surface area contributed by atoms with Crippen molar-refractivity contribution in [1.82, 2.24) is 9.80 Å². The quantitative estimate of drug-likeness (QED) is 0.818. The van der Waals surface area contributed by atoms with Gasteiger partial charge in [0.2, 0.25) is 5.91 Å². The van der Waals surface area contributed by atoms with Crippen LogP contribution >= 0.6 is 0 Å². The fourth-order valence-electron chi connectivity index (χ4n) is 3.37. The number of nitrogens with zero attached hydrogens (tertiary/aromatic N) is 2. The van der Waals surface area contributed by atoms with Gasteiger partial charge >= 0.3 is 5.97 Å². The van der Waals surface area contributed by atoms with Crippen molar-refractivity contribution in [1.29, 1.82) is 0 Å². The van der Waals surface area contributed by atoms with Crippen molar-refractivity contribution in [3.8, 4) is 0 Å². The van der Waals surface area contributed by atoms with Crippen LogP contribution in [0.3, 0.4) is 0 Å². The number of likely N-dealkylation sites (tertiary alicyclic amines) is 1. The molecule has 1 heterocycles. The van der Waals surface area contributed by atoms with Gasteiger partial charge in [-0.2, -0.15) is 0 Å². The molecule has 2 rings (SSSR count). The number of carboxylic acids is 1. The third-order valence-electron chi connectivity index (χ3n) is 4.95. The summed E-state index contributed by atoms with van der Waals surface area (Å²) in [5.41, 5.74) is 1.10. The Morgan fingerprint density at radius 1 is 1.28 bits per heavy atom. The molecule has 25 heavy (non-hydrogen) atoms. The lowest BCUT2D eigenvalue weighted by molar-refractivity contribution is -0.132. The molecule has 6 nitrogen and oxygen atoms in total. The Labute approximate surface area is 149 Å². The number of amides is 1. The molecule has 1 amide bonds. The number of benzene rings is 1. The Balaban J connectivity index is 1.98. The van der Waals surface area contributed by atoms with Crippen molar-refractivity contribution in [2.75, 3.05) is 34.3 Å². The molecule has 0 bridgehead atoms. The van der Waals surface area contributed by atoms with Crippen LogP contribution in [-0.2, 0) is 16.1 Å². The van der Waals surface area contributed by atoms with Gasteiger partial charge < -0.3 is 14.7 Å². The minimum atomic E-state index is -0.909. The normalized spacial score (nSPS) is 21.1. The summed E-state index contributed by atoms with van der Waals surface area (Å²) in [4.78, 5) is 26.8. The Bertz CT molecular complexity index is 600. The molecule has 0 radical (unpaired) electrons. The molecular formula is C19H28N2O4. The highest BCUT2D eigenvalue weighted by molar-refractivity contribution is 5.87. The van der Waals surface area contributed by atoms with Gasteiger partial charge in [-0.25, -0.2) is 4.79 Å². The topological polar surface area (TPSA) is 70.1 Å². The van der Waals surface area contributed by atoms with Crippen LogP contribution in [0, 0.1) is 0 Å². The zero-order chi connectivity index (χ0) is 18.4. The summed E-state index contributed by atoms with van der Waals surface area (Å²) in [7, 11) is 5.27. The minimum Gasteiger partial charge on any atom is -0.478 e. The number of hydrogen-bond donors (Lipinski definition) is 1. The Morgan fingerprint density at radius 2 is 1.96 bits per heavy atom. The van der Waals surface area contributed by atoms with E-state index in [4.69, 9.17) is 9.84 Å². The molecule has 1 N–H and O–H groups in total. The second kappa shape index (κ2) is 8.45. The van der Waals surface area contributed by atoms with E-state index >= 15 is 0 Å². The van der Waals surface area contributed by atoms with E-state index < -0.39 is 5.97 Å². The van der Waals surface area contributed by atoms with Crippen molar-refractivity contribution in [2.45, 2.75) is 37.8 Å². The van der Waals surface area contributed by atoms with E-state index in [1.54, 1.807) is 38.2 Å². The number of aromatic carboxylic acids is 1. The first-order chi connectivity index (χ1) is 11.8. The summed E-state index contributed by atoms with van der Waals surface area (Å²) in [6, 6.07) is 7.01. The first kappa shape index (κ1) is 19.4. The molecule has 138 valence electrons. The molecule has 1 aliphatic rings. The first-order valence-electron chi connectivity index (χ1n) is 8.65. The van der Waals surface area contributed by atoms with Crippen LogP contribution in [-0.4, -0.2) is 66.7 Å². The van der Waals surface area contributed by atoms with Crippen LogP contribution in [0.4, 0.5) is 0 Å². The molecule has 1 aromatic rings. The van der Waals surface area contributed by atoms with Gasteiger partial charge in [-0.15, -0.1) is 0 Å².